The summed E-state index contributed by atoms with van der Waals surface area (Å²) in [5.74, 6) is -0.258. The molecule has 0 heterocycles. The lowest BCUT2D eigenvalue weighted by atomic mass is 10.1. The zero-order valence-corrected chi connectivity index (χ0v) is 19.5. The standard InChI is InChI=1S/C27H20N2O5S/c1-33-26-13-7-5-11-24(26)29-27(30)22(18-28)16-21-10-4-6-12-25(21)34-35(31,32)23-15-14-19-8-2-3-9-20(19)17-23/h2-17H,1H3,(H,29,30)/b22-16+. The maximum absolute atomic E-state index is 13.0. The molecule has 8 heteroatoms. The summed E-state index contributed by atoms with van der Waals surface area (Å²) in [6, 6.07) is 27.0. The molecule has 0 saturated carbocycles. The molecule has 1 amide bonds. The van der Waals surface area contributed by atoms with Crippen molar-refractivity contribution in [3.8, 4) is 17.6 Å². The van der Waals surface area contributed by atoms with Crippen LogP contribution < -0.4 is 14.2 Å². The largest absolute Gasteiger partial charge is 0.495 e. The molecule has 0 aromatic heterocycles. The fraction of sp³-hybridized carbons (Fsp3) is 0.0370. The van der Waals surface area contributed by atoms with Crippen molar-refractivity contribution in [2.24, 2.45) is 0 Å². The molecule has 0 spiro atoms. The highest BCUT2D eigenvalue weighted by Gasteiger charge is 2.20. The Labute approximate surface area is 203 Å². The highest BCUT2D eigenvalue weighted by Crippen LogP contribution is 2.28. The Bertz CT molecular complexity index is 1590. The van der Waals surface area contributed by atoms with Gasteiger partial charge in [-0.25, -0.2) is 0 Å². The summed E-state index contributed by atoms with van der Waals surface area (Å²) in [6.07, 6.45) is 1.27. The number of hydrogen-bond donors (Lipinski definition) is 1. The topological polar surface area (TPSA) is 105 Å². The van der Waals surface area contributed by atoms with Crippen LogP contribution in [-0.2, 0) is 14.9 Å². The molecule has 0 atom stereocenters. The molecule has 0 aliphatic heterocycles. The van der Waals surface area contributed by atoms with Crippen molar-refractivity contribution in [1.82, 2.24) is 0 Å². The van der Waals surface area contributed by atoms with Gasteiger partial charge in [-0.3, -0.25) is 4.79 Å². The predicted octanol–water partition coefficient (Wildman–Crippen LogP) is 5.16. The first-order valence-corrected chi connectivity index (χ1v) is 11.9. The van der Waals surface area contributed by atoms with E-state index >= 15 is 0 Å². The van der Waals surface area contributed by atoms with Crippen LogP contribution in [-0.4, -0.2) is 21.4 Å². The smallest absolute Gasteiger partial charge is 0.339 e. The van der Waals surface area contributed by atoms with E-state index in [2.05, 4.69) is 5.32 Å². The number of nitriles is 1. The van der Waals surface area contributed by atoms with Gasteiger partial charge in [0.25, 0.3) is 5.91 Å². The number of nitrogens with zero attached hydrogens (tertiary/aromatic N) is 1. The third-order valence-electron chi connectivity index (χ3n) is 5.15. The number of amides is 1. The Morgan fingerprint density at radius 3 is 2.29 bits per heavy atom. The van der Waals surface area contributed by atoms with E-state index < -0.39 is 16.0 Å². The number of hydrogen-bond acceptors (Lipinski definition) is 6. The fourth-order valence-corrected chi connectivity index (χ4v) is 4.40. The number of nitrogens with one attached hydrogen (secondary N) is 1. The van der Waals surface area contributed by atoms with E-state index in [1.165, 1.54) is 31.4 Å². The zero-order chi connectivity index (χ0) is 24.8. The van der Waals surface area contributed by atoms with Crippen LogP contribution in [0.4, 0.5) is 5.69 Å². The minimum absolute atomic E-state index is 0.00981. The molecule has 35 heavy (non-hydrogen) atoms. The molecule has 0 radical (unpaired) electrons. The van der Waals surface area contributed by atoms with E-state index in [-0.39, 0.29) is 21.8 Å². The number of rotatable bonds is 7. The Morgan fingerprint density at radius 2 is 1.54 bits per heavy atom. The number of carbonyl (C=O) groups excluding carboxylic acids is 1. The maximum atomic E-state index is 13.0. The number of methoxy groups -OCH3 is 1. The summed E-state index contributed by atoms with van der Waals surface area (Å²) < 4.78 is 36.6. The monoisotopic (exact) mass is 484 g/mol. The Balaban J connectivity index is 1.63. The Hall–Kier alpha value is -4.61. The van der Waals surface area contributed by atoms with E-state index in [4.69, 9.17) is 8.92 Å². The number of fused-ring (bicyclic) bond motifs is 1. The first-order chi connectivity index (χ1) is 16.9. The van der Waals surface area contributed by atoms with Gasteiger partial charge in [0.15, 0.2) is 0 Å². The van der Waals surface area contributed by atoms with Gasteiger partial charge in [0.05, 0.1) is 12.8 Å². The van der Waals surface area contributed by atoms with Crippen LogP contribution in [0.3, 0.4) is 0 Å². The van der Waals surface area contributed by atoms with Crippen LogP contribution in [0.2, 0.25) is 0 Å². The van der Waals surface area contributed by atoms with Crippen LogP contribution in [0.1, 0.15) is 5.56 Å². The second kappa shape index (κ2) is 10.1. The molecule has 0 bridgehead atoms. The number of carbonyl (C=O) groups is 1. The van der Waals surface area contributed by atoms with Gasteiger partial charge in [-0.1, -0.05) is 60.7 Å². The van der Waals surface area contributed by atoms with Crippen molar-refractivity contribution in [3.63, 3.8) is 0 Å². The lowest BCUT2D eigenvalue weighted by Gasteiger charge is -2.11. The highest BCUT2D eigenvalue weighted by molar-refractivity contribution is 7.87. The van der Waals surface area contributed by atoms with Crippen molar-refractivity contribution in [2.75, 3.05) is 12.4 Å². The SMILES string of the molecule is COc1ccccc1NC(=O)/C(C#N)=C/c1ccccc1OS(=O)(=O)c1ccc2ccccc2c1. The molecular weight excluding hydrogens is 464 g/mol. The number of benzene rings is 4. The predicted molar refractivity (Wildman–Crippen MR) is 133 cm³/mol. The molecule has 0 unspecified atom stereocenters. The average Bonchev–Trinajstić information content (AvgIpc) is 2.88. The molecular formula is C27H20N2O5S. The van der Waals surface area contributed by atoms with Gasteiger partial charge < -0.3 is 14.2 Å². The van der Waals surface area contributed by atoms with Crippen LogP contribution in [0, 0.1) is 11.3 Å². The number of para-hydroxylation sites is 3. The molecule has 0 aliphatic carbocycles. The Morgan fingerprint density at radius 1 is 0.886 bits per heavy atom. The van der Waals surface area contributed by atoms with Gasteiger partial charge in [0.2, 0.25) is 0 Å². The molecule has 0 fully saturated rings. The first-order valence-electron chi connectivity index (χ1n) is 10.5. The normalized spacial score (nSPS) is 11.5. The second-order valence-electron chi connectivity index (χ2n) is 7.41. The fourth-order valence-electron chi connectivity index (χ4n) is 3.41. The van der Waals surface area contributed by atoms with Crippen molar-refractivity contribution >= 4 is 38.6 Å². The van der Waals surface area contributed by atoms with E-state index in [9.17, 15) is 18.5 Å². The molecule has 0 aliphatic rings. The van der Waals surface area contributed by atoms with Crippen LogP contribution >= 0.6 is 0 Å². The summed E-state index contributed by atoms with van der Waals surface area (Å²) in [7, 11) is -2.71. The van der Waals surface area contributed by atoms with E-state index in [0.717, 1.165) is 10.8 Å². The van der Waals surface area contributed by atoms with Crippen LogP contribution in [0.15, 0.2) is 101 Å². The minimum atomic E-state index is -4.18. The molecule has 4 aromatic carbocycles. The third kappa shape index (κ3) is 5.32. The van der Waals surface area contributed by atoms with Crippen molar-refractivity contribution in [2.45, 2.75) is 4.90 Å². The van der Waals surface area contributed by atoms with Gasteiger partial charge in [0, 0.05) is 5.56 Å². The summed E-state index contributed by atoms with van der Waals surface area (Å²) >= 11 is 0. The molecule has 1 N–H and O–H groups in total. The minimum Gasteiger partial charge on any atom is -0.495 e. The molecule has 0 saturated heterocycles. The lowest BCUT2D eigenvalue weighted by Crippen LogP contribution is -2.14. The Kier molecular flexibility index (Phi) is 6.81. The van der Waals surface area contributed by atoms with Crippen molar-refractivity contribution in [3.05, 3.63) is 102 Å². The summed E-state index contributed by atoms with van der Waals surface area (Å²) in [5, 5.41) is 13.9. The van der Waals surface area contributed by atoms with Gasteiger partial charge in [-0.15, -0.1) is 0 Å². The maximum Gasteiger partial charge on any atom is 0.339 e. The van der Waals surface area contributed by atoms with Crippen LogP contribution in [0.5, 0.6) is 11.5 Å². The third-order valence-corrected chi connectivity index (χ3v) is 6.38. The molecule has 174 valence electrons. The number of anilines is 1. The van der Waals surface area contributed by atoms with Crippen molar-refractivity contribution < 1.29 is 22.1 Å². The molecule has 4 aromatic rings. The van der Waals surface area contributed by atoms with E-state index in [1.54, 1.807) is 48.5 Å². The average molecular weight is 485 g/mol. The second-order valence-corrected chi connectivity index (χ2v) is 8.95. The van der Waals surface area contributed by atoms with Crippen LogP contribution in [0.25, 0.3) is 16.8 Å². The van der Waals surface area contributed by atoms with Gasteiger partial charge in [0.1, 0.15) is 28.0 Å². The van der Waals surface area contributed by atoms with Crippen molar-refractivity contribution in [1.29, 1.82) is 5.26 Å². The summed E-state index contributed by atoms with van der Waals surface area (Å²) in [4.78, 5) is 12.7. The number of ether oxygens (including phenoxy) is 1. The zero-order valence-electron chi connectivity index (χ0n) is 18.6. The van der Waals surface area contributed by atoms with Gasteiger partial charge >= 0.3 is 10.1 Å². The first kappa shape index (κ1) is 23.5. The van der Waals surface area contributed by atoms with Gasteiger partial charge in [-0.2, -0.15) is 13.7 Å². The summed E-state index contributed by atoms with van der Waals surface area (Å²) in [5.41, 5.74) is 0.406. The van der Waals surface area contributed by atoms with E-state index in [0.29, 0.717) is 11.4 Å². The molecule has 4 rings (SSSR count). The summed E-state index contributed by atoms with van der Waals surface area (Å²) in [6.45, 7) is 0. The quantitative estimate of drug-likeness (QED) is 0.221. The highest BCUT2D eigenvalue weighted by atomic mass is 32.2. The van der Waals surface area contributed by atoms with E-state index in [1.807, 2.05) is 30.3 Å². The van der Waals surface area contributed by atoms with Gasteiger partial charge in [-0.05, 0) is 47.2 Å². The lowest BCUT2D eigenvalue weighted by molar-refractivity contribution is -0.112. The molecule has 7 nitrogen and oxygen atoms in total.